The maximum Gasteiger partial charge on any atom is 0.331 e. The molecule has 0 N–H and O–H groups in total. The first-order valence-corrected chi connectivity index (χ1v) is 12.3. The van der Waals surface area contributed by atoms with Gasteiger partial charge in [0.25, 0.3) is 5.56 Å². The first kappa shape index (κ1) is 24.6. The van der Waals surface area contributed by atoms with Gasteiger partial charge in [0, 0.05) is 31.4 Å². The Bertz CT molecular complexity index is 1440. The molecular weight excluding hydrogens is 474 g/mol. The molecule has 0 amide bonds. The molecule has 2 aromatic heterocycles. The number of benzene rings is 1. The third-order valence-corrected chi connectivity index (χ3v) is 7.33. The van der Waals surface area contributed by atoms with E-state index in [0.29, 0.717) is 30.1 Å². The van der Waals surface area contributed by atoms with Gasteiger partial charge >= 0.3 is 5.97 Å². The number of nitrogens with zero attached hydrogens (tertiary/aromatic N) is 3. The maximum atomic E-state index is 13.1. The summed E-state index contributed by atoms with van der Waals surface area (Å²) in [5.41, 5.74) is 1.91. The van der Waals surface area contributed by atoms with Crippen LogP contribution in [0.15, 0.2) is 58.4 Å². The highest BCUT2D eigenvalue weighted by molar-refractivity contribution is 7.89. The highest BCUT2D eigenvalue weighted by atomic mass is 32.2. The highest BCUT2D eigenvalue weighted by Gasteiger charge is 2.29. The fourth-order valence-electron chi connectivity index (χ4n) is 3.61. The summed E-state index contributed by atoms with van der Waals surface area (Å²) in [6.07, 6.45) is 4.32. The van der Waals surface area contributed by atoms with E-state index in [-0.39, 0.29) is 35.9 Å². The van der Waals surface area contributed by atoms with E-state index < -0.39 is 16.0 Å². The Kier molecular flexibility index (Phi) is 7.29. The number of morpholine rings is 1. The van der Waals surface area contributed by atoms with E-state index in [9.17, 15) is 18.0 Å². The van der Waals surface area contributed by atoms with Crippen LogP contribution in [0.2, 0.25) is 0 Å². The lowest BCUT2D eigenvalue weighted by atomic mass is 10.2. The Hall–Kier alpha value is -3.54. The molecule has 0 saturated carbocycles. The lowest BCUT2D eigenvalue weighted by Gasteiger charge is -2.26. The van der Waals surface area contributed by atoms with Crippen molar-refractivity contribution in [3.8, 4) is 5.75 Å². The Labute approximate surface area is 202 Å². The van der Waals surface area contributed by atoms with Gasteiger partial charge in [-0.25, -0.2) is 18.2 Å². The van der Waals surface area contributed by atoms with Gasteiger partial charge in [-0.1, -0.05) is 12.1 Å². The zero-order valence-corrected chi connectivity index (χ0v) is 20.2. The van der Waals surface area contributed by atoms with Crippen molar-refractivity contribution in [2.75, 3.05) is 33.4 Å². The number of aromatic nitrogens is 2. The van der Waals surface area contributed by atoms with Crippen molar-refractivity contribution in [2.24, 2.45) is 0 Å². The van der Waals surface area contributed by atoms with Gasteiger partial charge < -0.3 is 14.2 Å². The van der Waals surface area contributed by atoms with Crippen LogP contribution in [0.5, 0.6) is 5.75 Å². The summed E-state index contributed by atoms with van der Waals surface area (Å²) in [5, 5.41) is 0. The number of sulfonamides is 1. The summed E-state index contributed by atoms with van der Waals surface area (Å²) in [5.74, 6) is -0.454. The predicted octanol–water partition coefficient (Wildman–Crippen LogP) is 1.79. The zero-order valence-electron chi connectivity index (χ0n) is 19.3. The zero-order chi connectivity index (χ0) is 25.0. The predicted molar refractivity (Wildman–Crippen MR) is 128 cm³/mol. The molecule has 1 saturated heterocycles. The average Bonchev–Trinajstić information content (AvgIpc) is 2.87. The van der Waals surface area contributed by atoms with Gasteiger partial charge in [0.1, 0.15) is 22.9 Å². The quantitative estimate of drug-likeness (QED) is 0.357. The minimum absolute atomic E-state index is 0.00786. The Morgan fingerprint density at radius 3 is 2.69 bits per heavy atom. The van der Waals surface area contributed by atoms with Gasteiger partial charge in [0.05, 0.1) is 26.0 Å². The van der Waals surface area contributed by atoms with Gasteiger partial charge in [0.2, 0.25) is 10.0 Å². The van der Waals surface area contributed by atoms with Gasteiger partial charge in [0.15, 0.2) is 0 Å². The minimum Gasteiger partial charge on any atom is -0.495 e. The highest BCUT2D eigenvalue weighted by Crippen LogP contribution is 2.28. The van der Waals surface area contributed by atoms with Crippen LogP contribution in [-0.2, 0) is 30.9 Å². The molecule has 1 aliphatic heterocycles. The molecular formula is C24H25N3O7S. The molecule has 0 atom stereocenters. The van der Waals surface area contributed by atoms with Crippen LogP contribution in [0, 0.1) is 6.92 Å². The summed E-state index contributed by atoms with van der Waals surface area (Å²) in [6.45, 7) is 2.85. The average molecular weight is 500 g/mol. The molecule has 0 aliphatic carbocycles. The maximum absolute atomic E-state index is 13.1. The van der Waals surface area contributed by atoms with E-state index >= 15 is 0 Å². The standard InChI is InChI=1S/C24H25N3O7S/c1-17-3-7-22-25-19(14-23(28)27(22)15-17)16-34-24(29)8-5-18-4-6-20(32-2)21(13-18)35(30,31)26-9-11-33-12-10-26/h3-8,13-15H,9-12,16H2,1-2H3/b8-5+. The molecule has 3 aromatic rings. The molecule has 10 nitrogen and oxygen atoms in total. The number of ether oxygens (including phenoxy) is 3. The normalized spacial score (nSPS) is 14.9. The second-order valence-corrected chi connectivity index (χ2v) is 9.79. The van der Waals surface area contributed by atoms with E-state index in [2.05, 4.69) is 4.98 Å². The monoisotopic (exact) mass is 499 g/mol. The number of hydrogen-bond donors (Lipinski definition) is 0. The third kappa shape index (κ3) is 5.59. The minimum atomic E-state index is -3.80. The second-order valence-electron chi connectivity index (χ2n) is 7.89. The molecule has 0 spiro atoms. The van der Waals surface area contributed by atoms with E-state index in [4.69, 9.17) is 14.2 Å². The number of hydrogen-bond acceptors (Lipinski definition) is 8. The van der Waals surface area contributed by atoms with Gasteiger partial charge in [-0.15, -0.1) is 0 Å². The van der Waals surface area contributed by atoms with Crippen molar-refractivity contribution in [2.45, 2.75) is 18.4 Å². The van der Waals surface area contributed by atoms with Crippen molar-refractivity contribution < 1.29 is 27.4 Å². The molecule has 184 valence electrons. The van der Waals surface area contributed by atoms with Crippen molar-refractivity contribution in [3.63, 3.8) is 0 Å². The Balaban J connectivity index is 1.47. The molecule has 1 fully saturated rings. The number of aryl methyl sites for hydroxylation is 1. The van der Waals surface area contributed by atoms with E-state index in [0.717, 1.165) is 5.56 Å². The third-order valence-electron chi connectivity index (χ3n) is 5.41. The number of pyridine rings is 1. The second kappa shape index (κ2) is 10.4. The van der Waals surface area contributed by atoms with Crippen LogP contribution >= 0.6 is 0 Å². The van der Waals surface area contributed by atoms with Crippen LogP contribution in [0.1, 0.15) is 16.8 Å². The number of carbonyl (C=O) groups is 1. The van der Waals surface area contributed by atoms with Crippen LogP contribution in [0.3, 0.4) is 0 Å². The fourth-order valence-corrected chi connectivity index (χ4v) is 5.21. The van der Waals surface area contributed by atoms with Crippen LogP contribution in [-0.4, -0.2) is 61.5 Å². The summed E-state index contributed by atoms with van der Waals surface area (Å²) in [4.78, 5) is 28.9. The van der Waals surface area contributed by atoms with E-state index in [1.54, 1.807) is 18.3 Å². The molecule has 0 radical (unpaired) electrons. The van der Waals surface area contributed by atoms with Crippen LogP contribution in [0.25, 0.3) is 11.7 Å². The Morgan fingerprint density at radius 1 is 1.17 bits per heavy atom. The molecule has 4 rings (SSSR count). The lowest BCUT2D eigenvalue weighted by Crippen LogP contribution is -2.40. The van der Waals surface area contributed by atoms with Crippen molar-refractivity contribution in [1.29, 1.82) is 0 Å². The fraction of sp³-hybridized carbons (Fsp3) is 0.292. The summed E-state index contributed by atoms with van der Waals surface area (Å²) >= 11 is 0. The number of fused-ring (bicyclic) bond motifs is 1. The van der Waals surface area contributed by atoms with Gasteiger partial charge in [-0.2, -0.15) is 4.31 Å². The molecule has 0 unspecified atom stereocenters. The molecule has 1 aliphatic rings. The van der Waals surface area contributed by atoms with Gasteiger partial charge in [-0.05, 0) is 42.3 Å². The summed E-state index contributed by atoms with van der Waals surface area (Å²) in [7, 11) is -2.40. The molecule has 35 heavy (non-hydrogen) atoms. The SMILES string of the molecule is COc1ccc(/C=C/C(=O)OCc2cc(=O)n3cc(C)ccc3n2)cc1S(=O)(=O)N1CCOCC1. The van der Waals surface area contributed by atoms with Crippen molar-refractivity contribution in [3.05, 3.63) is 75.8 Å². The van der Waals surface area contributed by atoms with Crippen molar-refractivity contribution in [1.82, 2.24) is 13.7 Å². The number of rotatable bonds is 7. The molecule has 11 heteroatoms. The first-order valence-electron chi connectivity index (χ1n) is 10.9. The van der Waals surface area contributed by atoms with Gasteiger partial charge in [-0.3, -0.25) is 9.20 Å². The number of esters is 1. The largest absolute Gasteiger partial charge is 0.495 e. The van der Waals surface area contributed by atoms with Crippen LogP contribution < -0.4 is 10.3 Å². The number of carbonyl (C=O) groups excluding carboxylic acids is 1. The summed E-state index contributed by atoms with van der Waals surface area (Å²) < 4.78 is 44.7. The smallest absolute Gasteiger partial charge is 0.331 e. The first-order chi connectivity index (χ1) is 16.8. The Morgan fingerprint density at radius 2 is 1.94 bits per heavy atom. The lowest BCUT2D eigenvalue weighted by molar-refractivity contribution is -0.139. The molecule has 0 bridgehead atoms. The van der Waals surface area contributed by atoms with E-state index in [1.165, 1.54) is 46.2 Å². The summed E-state index contributed by atoms with van der Waals surface area (Å²) in [6, 6.07) is 9.48. The topological polar surface area (TPSA) is 117 Å². The van der Waals surface area contributed by atoms with Crippen LogP contribution in [0.4, 0.5) is 0 Å². The molecule has 3 heterocycles. The number of methoxy groups -OCH3 is 1. The van der Waals surface area contributed by atoms with E-state index in [1.807, 2.05) is 13.0 Å². The van der Waals surface area contributed by atoms with Crippen molar-refractivity contribution >= 4 is 27.7 Å². The molecule has 1 aromatic carbocycles.